The number of amides is 2. The van der Waals surface area contributed by atoms with Crippen molar-refractivity contribution >= 4 is 22.8 Å². The van der Waals surface area contributed by atoms with Gasteiger partial charge < -0.3 is 10.2 Å². The second-order valence-electron chi connectivity index (χ2n) is 6.97. The molecular weight excluding hydrogens is 342 g/mol. The molecule has 3 rings (SSSR count). The number of aromatic nitrogens is 2. The summed E-state index contributed by atoms with van der Waals surface area (Å²) in [5.41, 5.74) is 3.92. The van der Waals surface area contributed by atoms with Crippen molar-refractivity contribution in [2.24, 2.45) is 5.92 Å². The third kappa shape index (κ3) is 4.40. The summed E-state index contributed by atoms with van der Waals surface area (Å²) >= 11 is 0. The van der Waals surface area contributed by atoms with Crippen molar-refractivity contribution in [2.75, 3.05) is 19.6 Å². The number of nitrogens with one attached hydrogen (secondary N) is 1. The molecule has 0 saturated carbocycles. The molecule has 140 valence electrons. The SMILES string of the molecule is Cc1nc2ccc(C(=O)N3CCC(CNC(=O)CC#N)CC3)cc2nc1C. The van der Waals surface area contributed by atoms with E-state index in [-0.39, 0.29) is 18.2 Å². The molecule has 1 N–H and O–H groups in total. The highest BCUT2D eigenvalue weighted by molar-refractivity contribution is 5.97. The summed E-state index contributed by atoms with van der Waals surface area (Å²) in [6.45, 7) is 5.72. The van der Waals surface area contributed by atoms with E-state index in [0.29, 0.717) is 31.1 Å². The number of hydrogen-bond donors (Lipinski definition) is 1. The lowest BCUT2D eigenvalue weighted by Gasteiger charge is -2.32. The molecule has 1 saturated heterocycles. The van der Waals surface area contributed by atoms with E-state index >= 15 is 0 Å². The van der Waals surface area contributed by atoms with Crippen LogP contribution in [0, 0.1) is 31.1 Å². The van der Waals surface area contributed by atoms with Gasteiger partial charge in [0.2, 0.25) is 5.91 Å². The molecule has 0 radical (unpaired) electrons. The maximum absolute atomic E-state index is 12.8. The molecule has 1 aliphatic rings. The van der Waals surface area contributed by atoms with Gasteiger partial charge in [-0.25, -0.2) is 9.97 Å². The summed E-state index contributed by atoms with van der Waals surface area (Å²) < 4.78 is 0. The van der Waals surface area contributed by atoms with E-state index in [1.165, 1.54) is 0 Å². The Balaban J connectivity index is 1.61. The van der Waals surface area contributed by atoms with Crippen LogP contribution in [0.25, 0.3) is 11.0 Å². The number of carbonyl (C=O) groups excluding carboxylic acids is 2. The van der Waals surface area contributed by atoms with E-state index in [1.807, 2.05) is 43.0 Å². The first-order valence-corrected chi connectivity index (χ1v) is 9.16. The largest absolute Gasteiger partial charge is 0.355 e. The van der Waals surface area contributed by atoms with Crippen LogP contribution in [-0.4, -0.2) is 46.3 Å². The van der Waals surface area contributed by atoms with E-state index in [1.54, 1.807) is 0 Å². The zero-order valence-corrected chi connectivity index (χ0v) is 15.7. The van der Waals surface area contributed by atoms with Crippen molar-refractivity contribution in [3.63, 3.8) is 0 Å². The molecule has 2 heterocycles. The molecule has 0 unspecified atom stereocenters. The molecule has 2 aromatic rings. The highest BCUT2D eigenvalue weighted by atomic mass is 16.2. The topological polar surface area (TPSA) is 99.0 Å². The first-order valence-electron chi connectivity index (χ1n) is 9.16. The predicted octanol–water partition coefficient (Wildman–Crippen LogP) is 2.13. The summed E-state index contributed by atoms with van der Waals surface area (Å²) in [5.74, 6) is 0.104. The number of rotatable bonds is 4. The van der Waals surface area contributed by atoms with E-state index < -0.39 is 0 Å². The van der Waals surface area contributed by atoms with E-state index in [0.717, 1.165) is 35.3 Å². The van der Waals surface area contributed by atoms with Crippen LogP contribution in [0.15, 0.2) is 18.2 Å². The molecule has 27 heavy (non-hydrogen) atoms. The third-order valence-electron chi connectivity index (χ3n) is 5.05. The number of piperidine rings is 1. The Bertz CT molecular complexity index is 910. The average Bonchev–Trinajstić information content (AvgIpc) is 2.67. The van der Waals surface area contributed by atoms with Crippen LogP contribution < -0.4 is 5.32 Å². The van der Waals surface area contributed by atoms with Crippen LogP contribution in [0.5, 0.6) is 0 Å². The van der Waals surface area contributed by atoms with Gasteiger partial charge in [0.1, 0.15) is 6.42 Å². The fourth-order valence-electron chi connectivity index (χ4n) is 3.28. The summed E-state index contributed by atoms with van der Waals surface area (Å²) in [6, 6.07) is 7.31. The monoisotopic (exact) mass is 365 g/mol. The van der Waals surface area contributed by atoms with Crippen LogP contribution in [0.3, 0.4) is 0 Å². The number of benzene rings is 1. The Morgan fingerprint density at radius 1 is 1.19 bits per heavy atom. The van der Waals surface area contributed by atoms with Crippen LogP contribution in [-0.2, 0) is 4.79 Å². The zero-order chi connectivity index (χ0) is 19.4. The fourth-order valence-corrected chi connectivity index (χ4v) is 3.28. The molecule has 0 atom stereocenters. The van der Waals surface area contributed by atoms with Gasteiger partial charge in [-0.15, -0.1) is 0 Å². The number of carbonyl (C=O) groups is 2. The normalized spacial score (nSPS) is 14.8. The molecule has 1 aromatic carbocycles. The first-order chi connectivity index (χ1) is 13.0. The van der Waals surface area contributed by atoms with Gasteiger partial charge in [-0.2, -0.15) is 5.26 Å². The lowest BCUT2D eigenvalue weighted by molar-refractivity contribution is -0.120. The summed E-state index contributed by atoms with van der Waals surface area (Å²) in [4.78, 5) is 35.1. The highest BCUT2D eigenvalue weighted by Crippen LogP contribution is 2.20. The van der Waals surface area contributed by atoms with Gasteiger partial charge in [0.25, 0.3) is 5.91 Å². The summed E-state index contributed by atoms with van der Waals surface area (Å²) in [7, 11) is 0. The zero-order valence-electron chi connectivity index (χ0n) is 15.7. The van der Waals surface area contributed by atoms with Gasteiger partial charge in [-0.1, -0.05) is 0 Å². The molecule has 0 bridgehead atoms. The molecule has 7 heteroatoms. The molecule has 7 nitrogen and oxygen atoms in total. The second-order valence-corrected chi connectivity index (χ2v) is 6.97. The summed E-state index contributed by atoms with van der Waals surface area (Å²) in [5, 5.41) is 11.3. The minimum Gasteiger partial charge on any atom is -0.355 e. The van der Waals surface area contributed by atoms with Crippen LogP contribution in [0.1, 0.15) is 41.0 Å². The maximum atomic E-state index is 12.8. The van der Waals surface area contributed by atoms with Crippen molar-refractivity contribution < 1.29 is 9.59 Å². The number of fused-ring (bicyclic) bond motifs is 1. The molecular formula is C20H23N5O2. The highest BCUT2D eigenvalue weighted by Gasteiger charge is 2.24. The van der Waals surface area contributed by atoms with Crippen molar-refractivity contribution in [2.45, 2.75) is 33.1 Å². The van der Waals surface area contributed by atoms with Gasteiger partial charge in [0.05, 0.1) is 28.5 Å². The smallest absolute Gasteiger partial charge is 0.253 e. The Hall–Kier alpha value is -3.01. The lowest BCUT2D eigenvalue weighted by Crippen LogP contribution is -2.41. The number of hydrogen-bond acceptors (Lipinski definition) is 5. The van der Waals surface area contributed by atoms with Crippen molar-refractivity contribution in [1.82, 2.24) is 20.2 Å². The molecule has 2 amide bonds. The van der Waals surface area contributed by atoms with Gasteiger partial charge in [-0.05, 0) is 50.8 Å². The standard InChI is InChI=1S/C20H23N5O2/c1-13-14(2)24-18-11-16(3-4-17(18)23-13)20(27)25-9-6-15(7-10-25)12-22-19(26)5-8-21/h3-4,11,15H,5-7,9-10,12H2,1-2H3,(H,22,26). The molecule has 1 aliphatic heterocycles. The van der Waals surface area contributed by atoms with Crippen molar-refractivity contribution in [3.8, 4) is 6.07 Å². The molecule has 0 aliphatic carbocycles. The van der Waals surface area contributed by atoms with Crippen LogP contribution >= 0.6 is 0 Å². The molecule has 1 fully saturated rings. The van der Waals surface area contributed by atoms with Crippen LogP contribution in [0.2, 0.25) is 0 Å². The predicted molar refractivity (Wildman–Crippen MR) is 101 cm³/mol. The second kappa shape index (κ2) is 8.12. The Morgan fingerprint density at radius 2 is 1.85 bits per heavy atom. The number of likely N-dealkylation sites (tertiary alicyclic amines) is 1. The van der Waals surface area contributed by atoms with Gasteiger partial charge >= 0.3 is 0 Å². The fraction of sp³-hybridized carbons (Fsp3) is 0.450. The number of nitrogens with zero attached hydrogens (tertiary/aromatic N) is 4. The Labute approximate surface area is 158 Å². The van der Waals surface area contributed by atoms with E-state index in [2.05, 4.69) is 15.3 Å². The van der Waals surface area contributed by atoms with Gasteiger partial charge in [0, 0.05) is 25.2 Å². The first kappa shape index (κ1) is 18.8. The van der Waals surface area contributed by atoms with Gasteiger partial charge in [-0.3, -0.25) is 9.59 Å². The Kier molecular flexibility index (Phi) is 5.65. The van der Waals surface area contributed by atoms with Crippen molar-refractivity contribution in [3.05, 3.63) is 35.2 Å². The quantitative estimate of drug-likeness (QED) is 0.895. The number of nitriles is 1. The Morgan fingerprint density at radius 3 is 2.52 bits per heavy atom. The lowest BCUT2D eigenvalue weighted by atomic mass is 9.96. The average molecular weight is 365 g/mol. The molecule has 0 spiro atoms. The van der Waals surface area contributed by atoms with Crippen LogP contribution in [0.4, 0.5) is 0 Å². The van der Waals surface area contributed by atoms with E-state index in [9.17, 15) is 9.59 Å². The summed E-state index contributed by atoms with van der Waals surface area (Å²) in [6.07, 6.45) is 1.57. The minimum atomic E-state index is -0.237. The van der Waals surface area contributed by atoms with Crippen molar-refractivity contribution in [1.29, 1.82) is 5.26 Å². The van der Waals surface area contributed by atoms with Gasteiger partial charge in [0.15, 0.2) is 0 Å². The number of aryl methyl sites for hydroxylation is 2. The molecule has 1 aromatic heterocycles. The maximum Gasteiger partial charge on any atom is 0.253 e. The minimum absolute atomic E-state index is 0.00361. The third-order valence-corrected chi connectivity index (χ3v) is 5.05. The van der Waals surface area contributed by atoms with E-state index in [4.69, 9.17) is 5.26 Å².